The number of rotatable bonds is 55. The molecule has 6 nitrogen and oxygen atoms in total. The Kier molecular flexibility index (Phi) is 56.8. The summed E-state index contributed by atoms with van der Waals surface area (Å²) in [6.07, 6.45) is 76.2. The molecule has 0 aromatic heterocycles. The maximum Gasteiger partial charge on any atom is 0.306 e. The van der Waals surface area contributed by atoms with E-state index in [2.05, 4.69) is 93.7 Å². The summed E-state index contributed by atoms with van der Waals surface area (Å²) in [5, 5.41) is 0. The largest absolute Gasteiger partial charge is 0.462 e. The second kappa shape index (κ2) is 59.4. The van der Waals surface area contributed by atoms with Gasteiger partial charge in [0.1, 0.15) is 13.2 Å². The Labute approximate surface area is 440 Å². The van der Waals surface area contributed by atoms with Gasteiger partial charge in [-0.1, -0.05) is 273 Å². The molecule has 0 saturated heterocycles. The molecular formula is C65H114O6. The van der Waals surface area contributed by atoms with Crippen molar-refractivity contribution >= 4 is 17.9 Å². The summed E-state index contributed by atoms with van der Waals surface area (Å²) in [7, 11) is 0. The smallest absolute Gasteiger partial charge is 0.306 e. The van der Waals surface area contributed by atoms with Crippen molar-refractivity contribution in [2.24, 2.45) is 0 Å². The van der Waals surface area contributed by atoms with E-state index in [1.54, 1.807) is 0 Å². The maximum atomic E-state index is 12.9. The van der Waals surface area contributed by atoms with Crippen LogP contribution in [0.1, 0.15) is 303 Å². The van der Waals surface area contributed by atoms with Crippen molar-refractivity contribution in [2.75, 3.05) is 13.2 Å². The average Bonchev–Trinajstić information content (AvgIpc) is 3.37. The first-order valence-electron chi connectivity index (χ1n) is 30.4. The van der Waals surface area contributed by atoms with Crippen molar-refractivity contribution < 1.29 is 28.6 Å². The fraction of sp³-hybridized carbons (Fsp3) is 0.769. The Morgan fingerprint density at radius 1 is 0.296 bits per heavy atom. The summed E-state index contributed by atoms with van der Waals surface area (Å²) in [5.74, 6) is -0.947. The minimum absolute atomic E-state index is 0.0966. The maximum absolute atomic E-state index is 12.9. The van der Waals surface area contributed by atoms with Gasteiger partial charge in [-0.2, -0.15) is 0 Å². The average molecular weight is 992 g/mol. The molecule has 410 valence electrons. The lowest BCUT2D eigenvalue weighted by atomic mass is 10.0. The molecule has 0 aliphatic rings. The fourth-order valence-electron chi connectivity index (χ4n) is 8.65. The Morgan fingerprint density at radius 3 is 0.915 bits per heavy atom. The third-order valence-electron chi connectivity index (χ3n) is 13.2. The summed E-state index contributed by atoms with van der Waals surface area (Å²) in [6, 6.07) is 0. The van der Waals surface area contributed by atoms with Gasteiger partial charge in [0, 0.05) is 19.3 Å². The van der Waals surface area contributed by atoms with Gasteiger partial charge in [-0.25, -0.2) is 0 Å². The molecule has 0 rings (SSSR count). The monoisotopic (exact) mass is 991 g/mol. The SMILES string of the molecule is CC/C=C\C/C=C\C/C=C\C/C=C\C/C=C\CCCC(=O)O[C@H](COC(=O)CCCCCCCCC/C=C\CCCCCCCC)COC(=O)CCCCCCCCCCCCCCCCCCCCC. The highest BCUT2D eigenvalue weighted by Crippen LogP contribution is 2.16. The zero-order chi connectivity index (χ0) is 51.4. The molecule has 1 atom stereocenters. The number of carbonyl (C=O) groups is 3. The van der Waals surface area contributed by atoms with Gasteiger partial charge in [-0.15, -0.1) is 0 Å². The first kappa shape index (κ1) is 67.8. The van der Waals surface area contributed by atoms with E-state index < -0.39 is 6.10 Å². The van der Waals surface area contributed by atoms with Gasteiger partial charge in [0.15, 0.2) is 6.10 Å². The summed E-state index contributed by atoms with van der Waals surface area (Å²) in [5.41, 5.74) is 0. The molecular weight excluding hydrogens is 877 g/mol. The standard InChI is InChI=1S/C65H114O6/c1-4-7-10-13-16-19-22-25-28-31-32-35-37-40-43-46-49-52-55-58-64(67)70-61-62(71-65(68)59-56-53-50-47-44-41-38-34-30-27-24-21-18-15-12-9-6-3)60-69-63(66)57-54-51-48-45-42-39-36-33-29-26-23-20-17-14-11-8-5-2/h9,12,18,21,26-27,29-30,38,41,47,50,62H,4-8,10-11,13-17,19-20,22-25,28,31-37,39-40,42-46,48-49,51-61H2,1-3H3/b12-9-,21-18-,29-26-,30-27-,41-38-,50-47-/t62-/m1/s1. The lowest BCUT2D eigenvalue weighted by Crippen LogP contribution is -2.30. The first-order valence-corrected chi connectivity index (χ1v) is 30.4. The Hall–Kier alpha value is -3.15. The van der Waals surface area contributed by atoms with Crippen LogP contribution >= 0.6 is 0 Å². The van der Waals surface area contributed by atoms with Crippen LogP contribution in [-0.4, -0.2) is 37.2 Å². The van der Waals surface area contributed by atoms with E-state index in [-0.39, 0.29) is 37.5 Å². The van der Waals surface area contributed by atoms with Crippen LogP contribution in [0, 0.1) is 0 Å². The van der Waals surface area contributed by atoms with Crippen LogP contribution in [0.15, 0.2) is 72.9 Å². The van der Waals surface area contributed by atoms with Crippen molar-refractivity contribution in [3.05, 3.63) is 72.9 Å². The van der Waals surface area contributed by atoms with Gasteiger partial charge in [0.2, 0.25) is 0 Å². The number of allylic oxidation sites excluding steroid dienone is 12. The topological polar surface area (TPSA) is 78.9 Å². The zero-order valence-corrected chi connectivity index (χ0v) is 47.0. The number of hydrogen-bond donors (Lipinski definition) is 0. The van der Waals surface area contributed by atoms with E-state index in [4.69, 9.17) is 14.2 Å². The number of esters is 3. The first-order chi connectivity index (χ1) is 35.0. The molecule has 0 radical (unpaired) electrons. The van der Waals surface area contributed by atoms with Crippen molar-refractivity contribution in [3.8, 4) is 0 Å². The van der Waals surface area contributed by atoms with Crippen molar-refractivity contribution in [2.45, 2.75) is 309 Å². The van der Waals surface area contributed by atoms with Gasteiger partial charge < -0.3 is 14.2 Å². The lowest BCUT2D eigenvalue weighted by Gasteiger charge is -2.18. The van der Waals surface area contributed by atoms with Gasteiger partial charge in [0.25, 0.3) is 0 Å². The second-order valence-corrected chi connectivity index (χ2v) is 20.2. The van der Waals surface area contributed by atoms with Gasteiger partial charge in [0.05, 0.1) is 0 Å². The minimum Gasteiger partial charge on any atom is -0.462 e. The number of unbranched alkanes of at least 4 members (excludes halogenated alkanes) is 32. The number of ether oxygens (including phenoxy) is 3. The molecule has 0 bridgehead atoms. The highest BCUT2D eigenvalue weighted by Gasteiger charge is 2.19. The van der Waals surface area contributed by atoms with E-state index in [1.165, 1.54) is 180 Å². The molecule has 0 heterocycles. The van der Waals surface area contributed by atoms with Crippen molar-refractivity contribution in [1.29, 1.82) is 0 Å². The van der Waals surface area contributed by atoms with Gasteiger partial charge >= 0.3 is 17.9 Å². The van der Waals surface area contributed by atoms with E-state index in [9.17, 15) is 14.4 Å². The third kappa shape index (κ3) is 57.6. The summed E-state index contributed by atoms with van der Waals surface area (Å²) in [6.45, 7) is 6.51. The summed E-state index contributed by atoms with van der Waals surface area (Å²) in [4.78, 5) is 38.2. The van der Waals surface area contributed by atoms with Crippen molar-refractivity contribution in [1.82, 2.24) is 0 Å². The fourth-order valence-corrected chi connectivity index (χ4v) is 8.65. The number of carbonyl (C=O) groups excluding carboxylic acids is 3. The summed E-state index contributed by atoms with van der Waals surface area (Å²) < 4.78 is 16.9. The van der Waals surface area contributed by atoms with E-state index in [0.29, 0.717) is 19.3 Å². The normalized spacial score (nSPS) is 12.5. The van der Waals surface area contributed by atoms with E-state index in [1.807, 2.05) is 0 Å². The molecule has 0 aliphatic carbocycles. The van der Waals surface area contributed by atoms with Crippen LogP contribution in [0.4, 0.5) is 0 Å². The molecule has 0 spiro atoms. The molecule has 0 amide bonds. The van der Waals surface area contributed by atoms with E-state index in [0.717, 1.165) is 77.0 Å². The van der Waals surface area contributed by atoms with Gasteiger partial charge in [-0.05, 0) is 83.5 Å². The molecule has 0 saturated carbocycles. The van der Waals surface area contributed by atoms with Crippen LogP contribution in [0.3, 0.4) is 0 Å². The molecule has 6 heteroatoms. The minimum atomic E-state index is -0.806. The van der Waals surface area contributed by atoms with Crippen LogP contribution in [0.2, 0.25) is 0 Å². The number of hydrogen-bond acceptors (Lipinski definition) is 6. The predicted octanol–water partition coefficient (Wildman–Crippen LogP) is 20.5. The van der Waals surface area contributed by atoms with E-state index >= 15 is 0 Å². The molecule has 0 aromatic carbocycles. The molecule has 0 aromatic rings. The highest BCUT2D eigenvalue weighted by molar-refractivity contribution is 5.71. The highest BCUT2D eigenvalue weighted by atomic mass is 16.6. The Bertz CT molecular complexity index is 1320. The quantitative estimate of drug-likeness (QED) is 0.0261. The van der Waals surface area contributed by atoms with Crippen LogP contribution in [0.5, 0.6) is 0 Å². The molecule has 0 aliphatic heterocycles. The predicted molar refractivity (Wildman–Crippen MR) is 307 cm³/mol. The lowest BCUT2D eigenvalue weighted by molar-refractivity contribution is -0.167. The summed E-state index contributed by atoms with van der Waals surface area (Å²) >= 11 is 0. The van der Waals surface area contributed by atoms with Crippen molar-refractivity contribution in [3.63, 3.8) is 0 Å². The van der Waals surface area contributed by atoms with Crippen LogP contribution in [0.25, 0.3) is 0 Å². The van der Waals surface area contributed by atoms with Gasteiger partial charge in [-0.3, -0.25) is 14.4 Å². The molecule has 0 N–H and O–H groups in total. The Balaban J connectivity index is 4.43. The third-order valence-corrected chi connectivity index (χ3v) is 13.2. The molecule has 71 heavy (non-hydrogen) atoms. The Morgan fingerprint density at radius 2 is 0.563 bits per heavy atom. The van der Waals surface area contributed by atoms with Crippen LogP contribution < -0.4 is 0 Å². The molecule has 0 fully saturated rings. The van der Waals surface area contributed by atoms with Crippen LogP contribution in [-0.2, 0) is 28.6 Å². The second-order valence-electron chi connectivity index (χ2n) is 20.2. The zero-order valence-electron chi connectivity index (χ0n) is 47.0. The molecule has 0 unspecified atom stereocenters.